The van der Waals surface area contributed by atoms with Gasteiger partial charge in [-0.1, -0.05) is 24.3 Å². The van der Waals surface area contributed by atoms with Crippen molar-refractivity contribution in [3.05, 3.63) is 36.2 Å². The molecule has 0 N–H and O–H groups in total. The van der Waals surface area contributed by atoms with Crippen LogP contribution in [0.2, 0.25) is 0 Å². The number of imidazole rings is 1. The summed E-state index contributed by atoms with van der Waals surface area (Å²) in [5.41, 5.74) is 2.27. The molecule has 84 valence electrons. The number of benzene rings is 1. The van der Waals surface area contributed by atoms with Gasteiger partial charge >= 0.3 is 0 Å². The molecule has 3 aromatic rings. The van der Waals surface area contributed by atoms with Gasteiger partial charge in [-0.2, -0.15) is 5.26 Å². The SMILES string of the molecule is CCC(C#N)c1ccc2c(c1)sc1nccn12. The van der Waals surface area contributed by atoms with Gasteiger partial charge in [0.05, 0.1) is 22.2 Å². The van der Waals surface area contributed by atoms with Crippen LogP contribution in [-0.4, -0.2) is 9.38 Å². The summed E-state index contributed by atoms with van der Waals surface area (Å²) in [6.07, 6.45) is 4.63. The van der Waals surface area contributed by atoms with Crippen LogP contribution in [-0.2, 0) is 0 Å². The summed E-state index contributed by atoms with van der Waals surface area (Å²) in [5.74, 6) is -0.00572. The lowest BCUT2D eigenvalue weighted by Gasteiger charge is -2.05. The number of rotatable bonds is 2. The van der Waals surface area contributed by atoms with E-state index < -0.39 is 0 Å². The Labute approximate surface area is 103 Å². The molecule has 1 atom stereocenters. The zero-order valence-corrected chi connectivity index (χ0v) is 10.2. The molecule has 0 spiro atoms. The predicted octanol–water partition coefficient (Wildman–Crippen LogP) is 3.57. The molecular formula is C13H11N3S. The van der Waals surface area contributed by atoms with Crippen LogP contribution in [0, 0.1) is 11.3 Å². The van der Waals surface area contributed by atoms with E-state index in [0.29, 0.717) is 0 Å². The molecule has 1 unspecified atom stereocenters. The average molecular weight is 241 g/mol. The zero-order chi connectivity index (χ0) is 11.8. The van der Waals surface area contributed by atoms with Crippen molar-refractivity contribution >= 4 is 26.5 Å². The summed E-state index contributed by atoms with van der Waals surface area (Å²) in [6, 6.07) is 8.59. The average Bonchev–Trinajstić information content (AvgIpc) is 2.90. The zero-order valence-electron chi connectivity index (χ0n) is 9.42. The lowest BCUT2D eigenvalue weighted by molar-refractivity contribution is 0.820. The van der Waals surface area contributed by atoms with Crippen LogP contribution in [0.4, 0.5) is 0 Å². The first-order valence-electron chi connectivity index (χ1n) is 5.58. The van der Waals surface area contributed by atoms with Crippen LogP contribution < -0.4 is 0 Å². The maximum Gasteiger partial charge on any atom is 0.194 e. The Balaban J connectivity index is 2.22. The normalized spacial score (nSPS) is 12.9. The number of nitriles is 1. The minimum absolute atomic E-state index is 0.00572. The Morgan fingerprint density at radius 3 is 3.18 bits per heavy atom. The molecule has 0 bridgehead atoms. The van der Waals surface area contributed by atoms with Crippen molar-refractivity contribution in [3.8, 4) is 6.07 Å². The van der Waals surface area contributed by atoms with Crippen molar-refractivity contribution in [2.24, 2.45) is 0 Å². The van der Waals surface area contributed by atoms with E-state index in [2.05, 4.69) is 27.6 Å². The fourth-order valence-electron chi connectivity index (χ4n) is 2.08. The van der Waals surface area contributed by atoms with E-state index in [1.165, 1.54) is 10.2 Å². The quantitative estimate of drug-likeness (QED) is 0.688. The molecule has 0 saturated heterocycles. The molecule has 3 nitrogen and oxygen atoms in total. The minimum Gasteiger partial charge on any atom is -0.290 e. The number of nitrogens with zero attached hydrogens (tertiary/aromatic N) is 3. The van der Waals surface area contributed by atoms with Gasteiger partial charge in [0.2, 0.25) is 0 Å². The second-order valence-electron chi connectivity index (χ2n) is 4.00. The van der Waals surface area contributed by atoms with Crippen LogP contribution in [0.25, 0.3) is 15.2 Å². The van der Waals surface area contributed by atoms with E-state index >= 15 is 0 Å². The highest BCUT2D eigenvalue weighted by Gasteiger charge is 2.11. The number of hydrogen-bond acceptors (Lipinski definition) is 3. The highest BCUT2D eigenvalue weighted by Crippen LogP contribution is 2.29. The van der Waals surface area contributed by atoms with E-state index in [1.54, 1.807) is 11.3 Å². The van der Waals surface area contributed by atoms with Crippen LogP contribution >= 0.6 is 11.3 Å². The fraction of sp³-hybridized carbons (Fsp3) is 0.231. The highest BCUT2D eigenvalue weighted by molar-refractivity contribution is 7.23. The molecule has 1 aromatic carbocycles. The summed E-state index contributed by atoms with van der Waals surface area (Å²) < 4.78 is 3.27. The van der Waals surface area contributed by atoms with E-state index in [4.69, 9.17) is 5.26 Å². The molecule has 0 aliphatic rings. The van der Waals surface area contributed by atoms with E-state index in [1.807, 2.05) is 25.4 Å². The monoisotopic (exact) mass is 241 g/mol. The predicted molar refractivity (Wildman–Crippen MR) is 69.2 cm³/mol. The number of hydrogen-bond donors (Lipinski definition) is 0. The van der Waals surface area contributed by atoms with Crippen LogP contribution in [0.15, 0.2) is 30.6 Å². The number of aromatic nitrogens is 2. The standard InChI is InChI=1S/C13H11N3S/c1-2-9(8-14)10-3-4-11-12(7-10)17-13-15-5-6-16(11)13/h3-7,9H,2H2,1H3. The first kappa shape index (κ1) is 10.3. The molecule has 0 aliphatic heterocycles. The highest BCUT2D eigenvalue weighted by atomic mass is 32.1. The lowest BCUT2D eigenvalue weighted by atomic mass is 9.98. The minimum atomic E-state index is -0.00572. The molecule has 0 saturated carbocycles. The van der Waals surface area contributed by atoms with Crippen molar-refractivity contribution in [1.82, 2.24) is 9.38 Å². The molecule has 4 heteroatoms. The van der Waals surface area contributed by atoms with Crippen molar-refractivity contribution in [1.29, 1.82) is 5.26 Å². The summed E-state index contributed by atoms with van der Waals surface area (Å²) >= 11 is 1.66. The Bertz CT molecular complexity index is 717. The van der Waals surface area contributed by atoms with Gasteiger partial charge in [-0.25, -0.2) is 4.98 Å². The molecule has 0 aliphatic carbocycles. The second kappa shape index (κ2) is 3.86. The van der Waals surface area contributed by atoms with E-state index in [-0.39, 0.29) is 5.92 Å². The van der Waals surface area contributed by atoms with Gasteiger partial charge in [0.25, 0.3) is 0 Å². The van der Waals surface area contributed by atoms with Gasteiger partial charge in [-0.3, -0.25) is 4.40 Å². The largest absolute Gasteiger partial charge is 0.290 e. The van der Waals surface area contributed by atoms with Crippen LogP contribution in [0.1, 0.15) is 24.8 Å². The third kappa shape index (κ3) is 1.51. The summed E-state index contributed by atoms with van der Waals surface area (Å²) in [6.45, 7) is 2.04. The van der Waals surface area contributed by atoms with Crippen LogP contribution in [0.5, 0.6) is 0 Å². The molecule has 0 fully saturated rings. The van der Waals surface area contributed by atoms with Gasteiger partial charge in [0.15, 0.2) is 4.96 Å². The van der Waals surface area contributed by atoms with Crippen molar-refractivity contribution < 1.29 is 0 Å². The molecule has 2 heterocycles. The fourth-order valence-corrected chi connectivity index (χ4v) is 3.11. The molecule has 0 radical (unpaired) electrons. The maximum absolute atomic E-state index is 9.09. The van der Waals surface area contributed by atoms with Gasteiger partial charge in [-0.15, -0.1) is 0 Å². The Morgan fingerprint density at radius 1 is 1.53 bits per heavy atom. The Hall–Kier alpha value is -1.86. The second-order valence-corrected chi connectivity index (χ2v) is 5.01. The van der Waals surface area contributed by atoms with Crippen molar-refractivity contribution in [2.75, 3.05) is 0 Å². The summed E-state index contributed by atoms with van der Waals surface area (Å²) in [4.78, 5) is 5.29. The van der Waals surface area contributed by atoms with Crippen molar-refractivity contribution in [2.45, 2.75) is 19.3 Å². The molecule has 0 amide bonds. The maximum atomic E-state index is 9.09. The summed E-state index contributed by atoms with van der Waals surface area (Å²) in [7, 11) is 0. The molecular weight excluding hydrogens is 230 g/mol. The summed E-state index contributed by atoms with van der Waals surface area (Å²) in [5, 5.41) is 9.09. The Kier molecular flexibility index (Phi) is 2.34. The number of thiazole rings is 1. The Morgan fingerprint density at radius 2 is 2.41 bits per heavy atom. The van der Waals surface area contributed by atoms with Gasteiger partial charge in [0, 0.05) is 12.4 Å². The smallest absolute Gasteiger partial charge is 0.194 e. The lowest BCUT2D eigenvalue weighted by Crippen LogP contribution is -1.92. The molecule has 3 rings (SSSR count). The molecule has 17 heavy (non-hydrogen) atoms. The molecule has 2 aromatic heterocycles. The first-order chi connectivity index (χ1) is 8.33. The topological polar surface area (TPSA) is 41.1 Å². The van der Waals surface area contributed by atoms with E-state index in [0.717, 1.165) is 16.9 Å². The van der Waals surface area contributed by atoms with Gasteiger partial charge in [0.1, 0.15) is 0 Å². The number of fused-ring (bicyclic) bond motifs is 3. The van der Waals surface area contributed by atoms with Crippen molar-refractivity contribution in [3.63, 3.8) is 0 Å². The third-order valence-corrected chi connectivity index (χ3v) is 4.05. The third-order valence-electron chi connectivity index (χ3n) is 3.02. The van der Waals surface area contributed by atoms with Gasteiger partial charge in [-0.05, 0) is 24.1 Å². The first-order valence-corrected chi connectivity index (χ1v) is 6.40. The van der Waals surface area contributed by atoms with E-state index in [9.17, 15) is 0 Å². The van der Waals surface area contributed by atoms with Gasteiger partial charge < -0.3 is 0 Å². The van der Waals surface area contributed by atoms with Crippen LogP contribution in [0.3, 0.4) is 0 Å².